The van der Waals surface area contributed by atoms with Crippen LogP contribution in [0.15, 0.2) is 42.7 Å². The molecule has 5 rings (SSSR count). The number of aliphatic hydroxyl groups excluding tert-OH is 1. The van der Waals surface area contributed by atoms with Crippen molar-refractivity contribution in [2.75, 3.05) is 50.5 Å². The second-order valence-corrected chi connectivity index (χ2v) is 9.37. The van der Waals surface area contributed by atoms with Gasteiger partial charge in [-0.15, -0.1) is 0 Å². The summed E-state index contributed by atoms with van der Waals surface area (Å²) in [6.07, 6.45) is 4.73. The minimum absolute atomic E-state index is 0.0474. The lowest BCUT2D eigenvalue weighted by molar-refractivity contribution is 0.202. The third-order valence-electron chi connectivity index (χ3n) is 6.88. The number of benzene rings is 1. The van der Waals surface area contributed by atoms with E-state index >= 15 is 0 Å². The van der Waals surface area contributed by atoms with Crippen LogP contribution in [-0.4, -0.2) is 71.0 Å². The molecule has 2 atom stereocenters. The molecule has 1 saturated heterocycles. The van der Waals surface area contributed by atoms with Crippen LogP contribution in [0.4, 0.5) is 17.5 Å². The van der Waals surface area contributed by atoms with Gasteiger partial charge < -0.3 is 25.2 Å². The predicted octanol–water partition coefficient (Wildman–Crippen LogP) is 3.44. The molecule has 0 aliphatic carbocycles. The molecular formula is C26H32N6O3. The number of fused-ring (bicyclic) bond motifs is 1. The van der Waals surface area contributed by atoms with Crippen molar-refractivity contribution in [2.45, 2.75) is 31.8 Å². The third kappa shape index (κ3) is 4.74. The van der Waals surface area contributed by atoms with Crippen LogP contribution in [0.5, 0.6) is 11.5 Å². The number of aromatic nitrogens is 3. The van der Waals surface area contributed by atoms with Gasteiger partial charge in [0.15, 0.2) is 0 Å². The van der Waals surface area contributed by atoms with Crippen molar-refractivity contribution in [1.29, 1.82) is 0 Å². The molecule has 0 saturated carbocycles. The van der Waals surface area contributed by atoms with E-state index in [4.69, 9.17) is 14.5 Å². The molecule has 1 fully saturated rings. The standard InChI is InChI=1S/C26H32N6O3/c1-4-32-10-8-19(14-32)35-18-5-6-22(23(12-18)34-3)31-25-27-9-7-21(30-25)17-11-20-24(28-13-17)29-15-26(20,2)16-33/h5-7,9,11-13,19,33H,4,8,10,14-16H2,1-3H3,(H,28,29)(H,27,30,31). The van der Waals surface area contributed by atoms with Crippen molar-refractivity contribution in [2.24, 2.45) is 0 Å². The van der Waals surface area contributed by atoms with Gasteiger partial charge in [-0.3, -0.25) is 4.90 Å². The van der Waals surface area contributed by atoms with E-state index in [1.54, 1.807) is 19.5 Å². The quantitative estimate of drug-likeness (QED) is 0.451. The number of rotatable bonds is 8. The number of likely N-dealkylation sites (tertiary alicyclic amines) is 1. The molecule has 9 nitrogen and oxygen atoms in total. The summed E-state index contributed by atoms with van der Waals surface area (Å²) >= 11 is 0. The summed E-state index contributed by atoms with van der Waals surface area (Å²) in [5.41, 5.74) is 2.99. The first-order valence-electron chi connectivity index (χ1n) is 12.0. The minimum Gasteiger partial charge on any atom is -0.494 e. The predicted molar refractivity (Wildman–Crippen MR) is 136 cm³/mol. The summed E-state index contributed by atoms with van der Waals surface area (Å²) in [6.45, 7) is 7.97. The van der Waals surface area contributed by atoms with Crippen LogP contribution in [0.3, 0.4) is 0 Å². The minimum atomic E-state index is -0.364. The zero-order chi connectivity index (χ0) is 24.4. The van der Waals surface area contributed by atoms with E-state index in [-0.39, 0.29) is 18.1 Å². The fraction of sp³-hybridized carbons (Fsp3) is 0.423. The number of hydrogen-bond donors (Lipinski definition) is 3. The molecule has 0 radical (unpaired) electrons. The lowest BCUT2D eigenvalue weighted by atomic mass is 9.85. The topological polar surface area (TPSA) is 105 Å². The highest BCUT2D eigenvalue weighted by molar-refractivity contribution is 5.69. The number of pyridine rings is 1. The number of aliphatic hydroxyl groups is 1. The van der Waals surface area contributed by atoms with Crippen LogP contribution in [0.2, 0.25) is 0 Å². The summed E-state index contributed by atoms with van der Waals surface area (Å²) < 4.78 is 11.8. The number of nitrogens with one attached hydrogen (secondary N) is 2. The van der Waals surface area contributed by atoms with E-state index in [2.05, 4.69) is 32.4 Å². The largest absolute Gasteiger partial charge is 0.494 e. The van der Waals surface area contributed by atoms with Crippen molar-refractivity contribution in [1.82, 2.24) is 19.9 Å². The Hall–Kier alpha value is -3.43. The maximum absolute atomic E-state index is 9.89. The maximum Gasteiger partial charge on any atom is 0.227 e. The molecule has 184 valence electrons. The molecule has 0 amide bonds. The van der Waals surface area contributed by atoms with Crippen LogP contribution in [0.25, 0.3) is 11.3 Å². The molecule has 9 heteroatoms. The van der Waals surface area contributed by atoms with Gasteiger partial charge in [0.1, 0.15) is 23.4 Å². The average molecular weight is 477 g/mol. The zero-order valence-corrected chi connectivity index (χ0v) is 20.4. The Morgan fingerprint density at radius 3 is 2.91 bits per heavy atom. The Morgan fingerprint density at radius 1 is 1.26 bits per heavy atom. The van der Waals surface area contributed by atoms with Crippen molar-refractivity contribution < 1.29 is 14.6 Å². The van der Waals surface area contributed by atoms with Gasteiger partial charge in [0.05, 0.1) is 25.1 Å². The van der Waals surface area contributed by atoms with E-state index in [0.717, 1.165) is 60.1 Å². The van der Waals surface area contributed by atoms with Crippen LogP contribution in [-0.2, 0) is 5.41 Å². The van der Waals surface area contributed by atoms with Crippen LogP contribution >= 0.6 is 0 Å². The molecule has 2 unspecified atom stereocenters. The van der Waals surface area contributed by atoms with Crippen molar-refractivity contribution >= 4 is 17.5 Å². The van der Waals surface area contributed by atoms with Crippen LogP contribution < -0.4 is 20.1 Å². The molecule has 4 heterocycles. The lowest BCUT2D eigenvalue weighted by Crippen LogP contribution is -2.28. The van der Waals surface area contributed by atoms with Gasteiger partial charge in [-0.1, -0.05) is 13.8 Å². The Balaban J connectivity index is 1.34. The molecule has 2 aliphatic rings. The van der Waals surface area contributed by atoms with Crippen molar-refractivity contribution in [3.8, 4) is 22.8 Å². The lowest BCUT2D eigenvalue weighted by Gasteiger charge is -2.20. The summed E-state index contributed by atoms with van der Waals surface area (Å²) in [7, 11) is 1.64. The molecule has 0 bridgehead atoms. The van der Waals surface area contributed by atoms with Gasteiger partial charge in [-0.05, 0) is 37.2 Å². The Labute approximate surface area is 205 Å². The van der Waals surface area contributed by atoms with Gasteiger partial charge in [-0.2, -0.15) is 0 Å². The highest BCUT2D eigenvalue weighted by atomic mass is 16.5. The van der Waals surface area contributed by atoms with Gasteiger partial charge in [0.25, 0.3) is 0 Å². The fourth-order valence-corrected chi connectivity index (χ4v) is 4.64. The molecule has 0 spiro atoms. The number of hydrogen-bond acceptors (Lipinski definition) is 9. The summed E-state index contributed by atoms with van der Waals surface area (Å²) in [6, 6.07) is 9.65. The Bertz CT molecular complexity index is 1210. The Morgan fingerprint density at radius 2 is 2.14 bits per heavy atom. The average Bonchev–Trinajstić information content (AvgIpc) is 3.49. The number of ether oxygens (including phenoxy) is 2. The van der Waals surface area contributed by atoms with Gasteiger partial charge in [0.2, 0.25) is 5.95 Å². The fourth-order valence-electron chi connectivity index (χ4n) is 4.64. The number of anilines is 3. The molecule has 2 aliphatic heterocycles. The summed E-state index contributed by atoms with van der Waals surface area (Å²) in [4.78, 5) is 16.0. The van der Waals surface area contributed by atoms with E-state index in [9.17, 15) is 5.11 Å². The molecule has 3 aromatic rings. The summed E-state index contributed by atoms with van der Waals surface area (Å²) in [5, 5.41) is 16.4. The number of methoxy groups -OCH3 is 1. The third-order valence-corrected chi connectivity index (χ3v) is 6.88. The number of likely N-dealkylation sites (N-methyl/N-ethyl adjacent to an activating group) is 1. The van der Waals surface area contributed by atoms with Gasteiger partial charge in [0, 0.05) is 54.6 Å². The second kappa shape index (κ2) is 9.67. The summed E-state index contributed by atoms with van der Waals surface area (Å²) in [5.74, 6) is 2.71. The normalized spacial score (nSPS) is 21.4. The van der Waals surface area contributed by atoms with Gasteiger partial charge >= 0.3 is 0 Å². The van der Waals surface area contributed by atoms with E-state index in [1.807, 2.05) is 37.3 Å². The molecule has 1 aromatic carbocycles. The molecule has 2 aromatic heterocycles. The van der Waals surface area contributed by atoms with E-state index in [1.165, 1.54) is 0 Å². The second-order valence-electron chi connectivity index (χ2n) is 9.37. The van der Waals surface area contributed by atoms with Crippen molar-refractivity contribution in [3.63, 3.8) is 0 Å². The van der Waals surface area contributed by atoms with Crippen LogP contribution in [0, 0.1) is 0 Å². The zero-order valence-electron chi connectivity index (χ0n) is 20.4. The van der Waals surface area contributed by atoms with Crippen molar-refractivity contribution in [3.05, 3.63) is 48.3 Å². The van der Waals surface area contributed by atoms with E-state index in [0.29, 0.717) is 18.2 Å². The highest BCUT2D eigenvalue weighted by Gasteiger charge is 2.35. The molecule has 3 N–H and O–H groups in total. The Kier molecular flexibility index (Phi) is 6.44. The maximum atomic E-state index is 9.89. The highest BCUT2D eigenvalue weighted by Crippen LogP contribution is 2.37. The first kappa shape index (κ1) is 23.3. The van der Waals surface area contributed by atoms with E-state index < -0.39 is 0 Å². The SMILES string of the molecule is CCN1CCC(Oc2ccc(Nc3nccc(-c4cnc5c(c4)C(C)(CO)CN5)n3)c(OC)c2)C1. The van der Waals surface area contributed by atoms with Gasteiger partial charge in [-0.25, -0.2) is 15.0 Å². The molecular weight excluding hydrogens is 444 g/mol. The number of nitrogens with zero attached hydrogens (tertiary/aromatic N) is 4. The molecule has 35 heavy (non-hydrogen) atoms. The smallest absolute Gasteiger partial charge is 0.227 e. The monoisotopic (exact) mass is 476 g/mol. The first-order valence-corrected chi connectivity index (χ1v) is 12.0. The first-order chi connectivity index (χ1) is 17.0. The van der Waals surface area contributed by atoms with Crippen LogP contribution in [0.1, 0.15) is 25.8 Å².